The van der Waals surface area contributed by atoms with Crippen molar-refractivity contribution in [3.8, 4) is 17.6 Å². The topological polar surface area (TPSA) is 70.1 Å². The number of likely N-dealkylation sites (N-methyl/N-ethyl adjacent to an activating group) is 1. The maximum absolute atomic E-state index is 12.1. The number of carbonyl (C=O) groups is 2. The van der Waals surface area contributed by atoms with Crippen LogP contribution in [0, 0.1) is 11.8 Å². The van der Waals surface area contributed by atoms with E-state index in [4.69, 9.17) is 9.84 Å². The number of carboxylic acid groups (broad SMARTS) is 1. The van der Waals surface area contributed by atoms with E-state index >= 15 is 0 Å². The molecule has 2 aromatic rings. The molecule has 1 aliphatic rings. The Morgan fingerprint density at radius 2 is 1.89 bits per heavy atom. The van der Waals surface area contributed by atoms with Crippen molar-refractivity contribution < 1.29 is 19.4 Å². The van der Waals surface area contributed by atoms with E-state index in [1.54, 1.807) is 25.9 Å². The molecular formula is C31H36N2O4S. The number of carboxylic acids is 1. The van der Waals surface area contributed by atoms with Gasteiger partial charge in [0.2, 0.25) is 0 Å². The number of aliphatic carboxylic acids is 1. The zero-order valence-electron chi connectivity index (χ0n) is 22.6. The summed E-state index contributed by atoms with van der Waals surface area (Å²) in [4.78, 5) is 29.1. The zero-order valence-corrected chi connectivity index (χ0v) is 23.4. The van der Waals surface area contributed by atoms with Crippen molar-refractivity contribution in [1.29, 1.82) is 0 Å². The van der Waals surface area contributed by atoms with Gasteiger partial charge in [-0.3, -0.25) is 14.5 Å². The molecule has 0 saturated carbocycles. The largest absolute Gasteiger partial charge is 0.489 e. The minimum atomic E-state index is -0.865. The molecule has 2 aromatic carbocycles. The Labute approximate surface area is 230 Å². The molecule has 0 bridgehead atoms. The summed E-state index contributed by atoms with van der Waals surface area (Å²) in [6, 6.07) is 15.9. The fraction of sp³-hybridized carbons (Fsp3) is 0.355. The van der Waals surface area contributed by atoms with Crippen molar-refractivity contribution in [3.63, 3.8) is 0 Å². The van der Waals surface area contributed by atoms with Crippen LogP contribution in [0.3, 0.4) is 0 Å². The molecule has 200 valence electrons. The van der Waals surface area contributed by atoms with Gasteiger partial charge in [0, 0.05) is 33.7 Å². The Kier molecular flexibility index (Phi) is 10.6. The lowest BCUT2D eigenvalue weighted by Crippen LogP contribution is -2.30. The van der Waals surface area contributed by atoms with Gasteiger partial charge in [0.05, 0.1) is 17.2 Å². The quantitative estimate of drug-likeness (QED) is 0.297. The smallest absolute Gasteiger partial charge is 0.304 e. The predicted molar refractivity (Wildman–Crippen MR) is 154 cm³/mol. The Hall–Kier alpha value is -3.47. The zero-order chi connectivity index (χ0) is 27.7. The molecule has 0 spiro atoms. The Morgan fingerprint density at radius 3 is 2.53 bits per heavy atom. The summed E-state index contributed by atoms with van der Waals surface area (Å²) in [6.07, 6.45) is 0.887. The first-order chi connectivity index (χ1) is 18.2. The third kappa shape index (κ3) is 8.54. The second kappa shape index (κ2) is 13.9. The van der Waals surface area contributed by atoms with Crippen LogP contribution in [0.15, 0.2) is 70.5 Å². The van der Waals surface area contributed by atoms with Crippen LogP contribution in [0.25, 0.3) is 0 Å². The van der Waals surface area contributed by atoms with Crippen LogP contribution in [0.5, 0.6) is 5.75 Å². The maximum atomic E-state index is 12.1. The molecule has 1 aliphatic heterocycles. The molecule has 1 amide bonds. The third-order valence-electron chi connectivity index (χ3n) is 6.27. The fourth-order valence-corrected chi connectivity index (χ4v) is 5.33. The molecule has 1 atom stereocenters. The Bertz CT molecular complexity index is 1250. The van der Waals surface area contributed by atoms with Gasteiger partial charge in [-0.15, -0.1) is 5.92 Å². The SMILES string of the molecule is C=C(SC1=C(C)CN(Cc2cccc(COc3ccc(C(C#CC)CC(=O)O)cc3)c2)CC1)C(=O)N(C)C. The standard InChI is InChI=1S/C31H36N2O4S/c1-6-8-27(18-30(34)35)26-11-13-28(14-12-26)37-21-25-10-7-9-24(17-25)20-33-16-15-29(22(2)19-33)38-23(3)31(36)32(4)5/h7,9-14,17,27H,3,15-16,18-21H2,1-2,4-5H3,(H,34,35). The summed E-state index contributed by atoms with van der Waals surface area (Å²) in [5, 5.41) is 9.14. The van der Waals surface area contributed by atoms with Gasteiger partial charge in [0.25, 0.3) is 5.91 Å². The first-order valence-electron chi connectivity index (χ1n) is 12.6. The molecule has 0 aromatic heterocycles. The average Bonchev–Trinajstić information content (AvgIpc) is 2.88. The highest BCUT2D eigenvalue weighted by molar-refractivity contribution is 8.07. The highest BCUT2D eigenvalue weighted by Gasteiger charge is 2.20. The van der Waals surface area contributed by atoms with E-state index in [2.05, 4.69) is 54.5 Å². The van der Waals surface area contributed by atoms with Crippen molar-refractivity contribution in [1.82, 2.24) is 9.80 Å². The van der Waals surface area contributed by atoms with Crippen LogP contribution in [0.2, 0.25) is 0 Å². The van der Waals surface area contributed by atoms with Gasteiger partial charge >= 0.3 is 5.97 Å². The van der Waals surface area contributed by atoms with Crippen LogP contribution < -0.4 is 4.74 Å². The molecule has 3 rings (SSSR count). The molecule has 1 unspecified atom stereocenters. The van der Waals surface area contributed by atoms with Gasteiger partial charge in [-0.25, -0.2) is 0 Å². The summed E-state index contributed by atoms with van der Waals surface area (Å²) in [7, 11) is 3.49. The molecule has 7 heteroatoms. The summed E-state index contributed by atoms with van der Waals surface area (Å²) in [5.41, 5.74) is 4.47. The molecule has 1 heterocycles. The lowest BCUT2D eigenvalue weighted by molar-refractivity contribution is -0.137. The van der Waals surface area contributed by atoms with Gasteiger partial charge in [-0.1, -0.05) is 60.7 Å². The van der Waals surface area contributed by atoms with Crippen LogP contribution in [-0.4, -0.2) is 54.0 Å². The number of ether oxygens (including phenoxy) is 1. The monoisotopic (exact) mass is 532 g/mol. The van der Waals surface area contributed by atoms with E-state index in [1.807, 2.05) is 24.3 Å². The highest BCUT2D eigenvalue weighted by atomic mass is 32.2. The van der Waals surface area contributed by atoms with Gasteiger partial charge in [0.1, 0.15) is 12.4 Å². The number of hydrogen-bond acceptors (Lipinski definition) is 5. The molecule has 0 radical (unpaired) electrons. The number of rotatable bonds is 11. The lowest BCUT2D eigenvalue weighted by Gasteiger charge is -2.30. The minimum Gasteiger partial charge on any atom is -0.489 e. The number of thioether (sulfide) groups is 1. The van der Waals surface area contributed by atoms with E-state index < -0.39 is 5.97 Å². The number of amides is 1. The molecule has 0 saturated heterocycles. The van der Waals surface area contributed by atoms with Crippen molar-refractivity contribution in [3.05, 3.63) is 87.2 Å². The van der Waals surface area contributed by atoms with E-state index in [-0.39, 0.29) is 18.2 Å². The fourth-order valence-electron chi connectivity index (χ4n) is 4.33. The molecule has 0 fully saturated rings. The Balaban J connectivity index is 1.55. The number of nitrogens with zero attached hydrogens (tertiary/aromatic N) is 2. The van der Waals surface area contributed by atoms with E-state index in [0.717, 1.165) is 42.9 Å². The summed E-state index contributed by atoms with van der Waals surface area (Å²) < 4.78 is 6.00. The number of carbonyl (C=O) groups excluding carboxylic acids is 1. The van der Waals surface area contributed by atoms with E-state index in [1.165, 1.54) is 27.8 Å². The number of hydrogen-bond donors (Lipinski definition) is 1. The predicted octanol–water partition coefficient (Wildman–Crippen LogP) is 5.66. The molecule has 6 nitrogen and oxygen atoms in total. The second-order valence-corrected chi connectivity index (χ2v) is 10.8. The average molecular weight is 533 g/mol. The molecule has 1 N–H and O–H groups in total. The highest BCUT2D eigenvalue weighted by Crippen LogP contribution is 2.33. The van der Waals surface area contributed by atoms with Crippen LogP contribution >= 0.6 is 11.8 Å². The van der Waals surface area contributed by atoms with Gasteiger partial charge in [-0.2, -0.15) is 0 Å². The third-order valence-corrected chi connectivity index (χ3v) is 7.49. The first kappa shape index (κ1) is 29.1. The molecule has 38 heavy (non-hydrogen) atoms. The summed E-state index contributed by atoms with van der Waals surface area (Å²) in [5.74, 6) is 5.28. The maximum Gasteiger partial charge on any atom is 0.304 e. The van der Waals surface area contributed by atoms with E-state index in [0.29, 0.717) is 11.5 Å². The molecule has 0 aliphatic carbocycles. The minimum absolute atomic E-state index is 0.0221. The normalized spacial score (nSPS) is 14.3. The van der Waals surface area contributed by atoms with Crippen molar-refractivity contribution in [2.24, 2.45) is 0 Å². The Morgan fingerprint density at radius 1 is 1.18 bits per heavy atom. The molecular weight excluding hydrogens is 496 g/mol. The lowest BCUT2D eigenvalue weighted by atomic mass is 9.96. The van der Waals surface area contributed by atoms with Crippen molar-refractivity contribution in [2.75, 3.05) is 27.2 Å². The number of benzene rings is 2. The van der Waals surface area contributed by atoms with Crippen LogP contribution in [0.1, 0.15) is 49.3 Å². The van der Waals surface area contributed by atoms with Crippen LogP contribution in [0.4, 0.5) is 0 Å². The van der Waals surface area contributed by atoms with Gasteiger partial charge in [0.15, 0.2) is 0 Å². The first-order valence-corrected chi connectivity index (χ1v) is 13.4. The second-order valence-electron chi connectivity index (χ2n) is 9.61. The van der Waals surface area contributed by atoms with E-state index in [9.17, 15) is 9.59 Å². The van der Waals surface area contributed by atoms with Gasteiger partial charge < -0.3 is 14.7 Å². The van der Waals surface area contributed by atoms with Gasteiger partial charge in [-0.05, 0) is 59.6 Å². The summed E-state index contributed by atoms with van der Waals surface area (Å²) in [6.45, 7) is 10.9. The summed E-state index contributed by atoms with van der Waals surface area (Å²) >= 11 is 1.51. The van der Waals surface area contributed by atoms with Crippen molar-refractivity contribution in [2.45, 2.75) is 45.8 Å². The van der Waals surface area contributed by atoms with Crippen LogP contribution in [-0.2, 0) is 22.7 Å². The van der Waals surface area contributed by atoms with Crippen molar-refractivity contribution >= 4 is 23.6 Å².